The standard InChI is InChI=1S/C79H151NO5/c1-3-5-7-9-11-13-15-17-19-21-23-36-39-43-47-51-55-59-63-67-71-77(82)76(75-81)80-78(83)72-68-64-60-56-52-48-44-40-37-33-31-29-27-25-24-26-28-30-32-34-38-42-46-50-54-58-62-66-70-74-85-79(84)73-69-65-61-57-53-49-45-41-35-22-20-18-16-14-12-10-8-6-4-2/h18,20,24,26,67,71,76-77,81-82H,3-17,19,21-23,25,27-66,68-70,72-75H2,1-2H3,(H,80,83)/b20-18-,26-24-,71-67+. The fourth-order valence-electron chi connectivity index (χ4n) is 12.2. The zero-order valence-corrected chi connectivity index (χ0v) is 57.6. The lowest BCUT2D eigenvalue weighted by Crippen LogP contribution is -2.45. The number of amides is 1. The predicted octanol–water partition coefficient (Wildman–Crippen LogP) is 25.4. The molecule has 6 nitrogen and oxygen atoms in total. The zero-order chi connectivity index (χ0) is 61.3. The highest BCUT2D eigenvalue weighted by Crippen LogP contribution is 2.19. The lowest BCUT2D eigenvalue weighted by atomic mass is 10.0. The fourth-order valence-corrected chi connectivity index (χ4v) is 12.2. The van der Waals surface area contributed by atoms with Gasteiger partial charge in [0.05, 0.1) is 25.4 Å². The zero-order valence-electron chi connectivity index (χ0n) is 57.6. The van der Waals surface area contributed by atoms with Crippen LogP contribution in [0.2, 0.25) is 0 Å². The van der Waals surface area contributed by atoms with Crippen LogP contribution in [0.3, 0.4) is 0 Å². The van der Waals surface area contributed by atoms with Crippen LogP contribution in [0.25, 0.3) is 0 Å². The third kappa shape index (κ3) is 71.0. The topological polar surface area (TPSA) is 95.9 Å². The summed E-state index contributed by atoms with van der Waals surface area (Å²) in [5.74, 6) is -0.0466. The molecule has 0 aliphatic heterocycles. The number of allylic oxidation sites excluding steroid dienone is 5. The van der Waals surface area contributed by atoms with Crippen LogP contribution in [0.15, 0.2) is 36.5 Å². The van der Waals surface area contributed by atoms with Crippen molar-refractivity contribution < 1.29 is 24.5 Å². The van der Waals surface area contributed by atoms with E-state index in [0.717, 1.165) is 38.5 Å². The van der Waals surface area contributed by atoms with E-state index in [1.807, 2.05) is 6.08 Å². The maximum Gasteiger partial charge on any atom is 0.305 e. The van der Waals surface area contributed by atoms with E-state index in [2.05, 4.69) is 43.5 Å². The summed E-state index contributed by atoms with van der Waals surface area (Å²) in [6, 6.07) is -0.628. The van der Waals surface area contributed by atoms with Gasteiger partial charge in [0.25, 0.3) is 0 Å². The first-order valence-electron chi connectivity index (χ1n) is 38.8. The van der Waals surface area contributed by atoms with Crippen molar-refractivity contribution in [3.05, 3.63) is 36.5 Å². The summed E-state index contributed by atoms with van der Waals surface area (Å²) >= 11 is 0. The number of aliphatic hydroxyl groups is 2. The van der Waals surface area contributed by atoms with Crippen LogP contribution in [-0.4, -0.2) is 47.4 Å². The van der Waals surface area contributed by atoms with Gasteiger partial charge < -0.3 is 20.3 Å². The van der Waals surface area contributed by atoms with Gasteiger partial charge in [0.15, 0.2) is 0 Å². The Balaban J connectivity index is 3.38. The van der Waals surface area contributed by atoms with Gasteiger partial charge in [-0.3, -0.25) is 9.59 Å². The number of esters is 1. The molecule has 0 aliphatic rings. The number of hydrogen-bond donors (Lipinski definition) is 3. The van der Waals surface area contributed by atoms with Crippen molar-refractivity contribution in [1.29, 1.82) is 0 Å². The number of rotatable bonds is 73. The Kier molecular flexibility index (Phi) is 72.9. The number of carbonyl (C=O) groups excluding carboxylic acids is 2. The summed E-state index contributed by atoms with van der Waals surface area (Å²) in [7, 11) is 0. The highest BCUT2D eigenvalue weighted by atomic mass is 16.5. The quantitative estimate of drug-likeness (QED) is 0.0320. The first kappa shape index (κ1) is 83.1. The third-order valence-electron chi connectivity index (χ3n) is 18.1. The molecule has 0 aliphatic carbocycles. The van der Waals surface area contributed by atoms with Crippen molar-refractivity contribution in [2.75, 3.05) is 13.2 Å². The molecule has 0 aromatic carbocycles. The van der Waals surface area contributed by atoms with Gasteiger partial charge in [0.1, 0.15) is 0 Å². The second kappa shape index (κ2) is 74.5. The summed E-state index contributed by atoms with van der Waals surface area (Å²) in [6.45, 7) is 4.94. The monoisotopic (exact) mass is 1190 g/mol. The van der Waals surface area contributed by atoms with Crippen molar-refractivity contribution in [1.82, 2.24) is 5.32 Å². The Hall–Kier alpha value is -1.92. The van der Waals surface area contributed by atoms with Crippen molar-refractivity contribution in [2.24, 2.45) is 0 Å². The van der Waals surface area contributed by atoms with Crippen LogP contribution in [0.5, 0.6) is 0 Å². The molecule has 85 heavy (non-hydrogen) atoms. The number of ether oxygens (including phenoxy) is 1. The minimum Gasteiger partial charge on any atom is -0.466 e. The number of carbonyl (C=O) groups is 2. The molecule has 3 N–H and O–H groups in total. The second-order valence-electron chi connectivity index (χ2n) is 26.7. The number of unbranched alkanes of at least 4 members (excludes halogenated alkanes) is 58. The molecular formula is C79H151NO5. The molecule has 0 fully saturated rings. The van der Waals surface area contributed by atoms with E-state index in [-0.39, 0.29) is 18.5 Å². The molecule has 0 aromatic heterocycles. The summed E-state index contributed by atoms with van der Waals surface area (Å²) in [5.41, 5.74) is 0. The van der Waals surface area contributed by atoms with Gasteiger partial charge in [-0.25, -0.2) is 0 Å². The number of aliphatic hydroxyl groups excluding tert-OH is 2. The van der Waals surface area contributed by atoms with E-state index < -0.39 is 12.1 Å². The molecule has 0 spiro atoms. The second-order valence-corrected chi connectivity index (χ2v) is 26.7. The van der Waals surface area contributed by atoms with Crippen LogP contribution in [0.1, 0.15) is 431 Å². The number of hydrogen-bond acceptors (Lipinski definition) is 5. The highest BCUT2D eigenvalue weighted by Gasteiger charge is 2.18. The molecule has 0 rings (SSSR count). The number of nitrogens with one attached hydrogen (secondary N) is 1. The van der Waals surface area contributed by atoms with Gasteiger partial charge in [0.2, 0.25) is 5.91 Å². The van der Waals surface area contributed by atoms with Crippen molar-refractivity contribution in [3.8, 4) is 0 Å². The minimum atomic E-state index is -0.845. The van der Waals surface area contributed by atoms with E-state index in [1.54, 1.807) is 6.08 Å². The van der Waals surface area contributed by atoms with Crippen LogP contribution >= 0.6 is 0 Å². The van der Waals surface area contributed by atoms with Gasteiger partial charge in [-0.15, -0.1) is 0 Å². The Morgan fingerprint density at radius 2 is 0.553 bits per heavy atom. The van der Waals surface area contributed by atoms with Crippen LogP contribution in [0, 0.1) is 0 Å². The van der Waals surface area contributed by atoms with E-state index in [1.165, 1.54) is 366 Å². The molecule has 6 heteroatoms. The van der Waals surface area contributed by atoms with Gasteiger partial charge >= 0.3 is 5.97 Å². The summed E-state index contributed by atoms with van der Waals surface area (Å²) in [5, 5.41) is 23.3. The molecule has 0 aromatic rings. The van der Waals surface area contributed by atoms with Gasteiger partial charge in [-0.05, 0) is 83.5 Å². The van der Waals surface area contributed by atoms with Crippen LogP contribution in [0.4, 0.5) is 0 Å². The maximum atomic E-state index is 12.5. The lowest BCUT2D eigenvalue weighted by molar-refractivity contribution is -0.143. The largest absolute Gasteiger partial charge is 0.466 e. The Morgan fingerprint density at radius 3 is 0.835 bits per heavy atom. The van der Waals surface area contributed by atoms with E-state index in [9.17, 15) is 19.8 Å². The average molecular weight is 1200 g/mol. The molecule has 0 radical (unpaired) electrons. The fraction of sp³-hybridized carbons (Fsp3) is 0.899. The Morgan fingerprint density at radius 1 is 0.318 bits per heavy atom. The molecule has 0 heterocycles. The molecule has 0 saturated carbocycles. The van der Waals surface area contributed by atoms with Crippen LogP contribution in [-0.2, 0) is 14.3 Å². The molecule has 2 unspecified atom stereocenters. The van der Waals surface area contributed by atoms with Crippen molar-refractivity contribution >= 4 is 11.9 Å². The molecule has 2 atom stereocenters. The Labute approximate surface area is 532 Å². The lowest BCUT2D eigenvalue weighted by Gasteiger charge is -2.20. The molecule has 0 saturated heterocycles. The third-order valence-corrected chi connectivity index (χ3v) is 18.1. The van der Waals surface area contributed by atoms with Gasteiger partial charge in [0, 0.05) is 12.8 Å². The van der Waals surface area contributed by atoms with E-state index in [4.69, 9.17) is 4.74 Å². The predicted molar refractivity (Wildman–Crippen MR) is 375 cm³/mol. The van der Waals surface area contributed by atoms with E-state index in [0.29, 0.717) is 19.4 Å². The summed E-state index contributed by atoms with van der Waals surface area (Å²) < 4.78 is 5.51. The van der Waals surface area contributed by atoms with Gasteiger partial charge in [-0.1, -0.05) is 371 Å². The van der Waals surface area contributed by atoms with Crippen molar-refractivity contribution in [2.45, 2.75) is 443 Å². The summed E-state index contributed by atoms with van der Waals surface area (Å²) in [4.78, 5) is 24.7. The SMILES string of the molecule is CCCCCCCC/C=C\CCCCCCCCCCCC(=O)OCCCCCCCCCCCCCC/C=C\CCCCCCCCCCCCCCCC(=O)NC(CO)C(O)/C=C/CCCCCCCCCCCCCCCCCCCC. The Bertz CT molecular complexity index is 1380. The first-order chi connectivity index (χ1) is 42.0. The highest BCUT2D eigenvalue weighted by molar-refractivity contribution is 5.76. The average Bonchev–Trinajstić information content (AvgIpc) is 3.50. The van der Waals surface area contributed by atoms with Gasteiger partial charge in [-0.2, -0.15) is 0 Å². The summed E-state index contributed by atoms with van der Waals surface area (Å²) in [6.07, 6.45) is 96.8. The van der Waals surface area contributed by atoms with Crippen LogP contribution < -0.4 is 5.32 Å². The molecule has 502 valence electrons. The van der Waals surface area contributed by atoms with E-state index >= 15 is 0 Å². The smallest absolute Gasteiger partial charge is 0.305 e. The molecule has 1 amide bonds. The maximum absolute atomic E-state index is 12.5. The normalized spacial score (nSPS) is 12.7. The molecule has 0 bridgehead atoms. The first-order valence-corrected chi connectivity index (χ1v) is 38.8. The minimum absolute atomic E-state index is 0.0165. The van der Waals surface area contributed by atoms with Crippen molar-refractivity contribution in [3.63, 3.8) is 0 Å². The molecular weight excluding hydrogens is 1040 g/mol.